The quantitative estimate of drug-likeness (QED) is 0.518. The molecule has 7 nitrogen and oxygen atoms in total. The van der Waals surface area contributed by atoms with Crippen LogP contribution in [0.3, 0.4) is 0 Å². The van der Waals surface area contributed by atoms with Gasteiger partial charge >= 0.3 is 11.9 Å². The Kier molecular flexibility index (Phi) is 3.01. The maximum Gasteiger partial charge on any atom is 0.315 e. The molecule has 9 atom stereocenters. The van der Waals surface area contributed by atoms with Gasteiger partial charge in [0.25, 0.3) is 0 Å². The highest BCUT2D eigenvalue weighted by molar-refractivity contribution is 5.85. The standard InChI is InChI=1S/C19H26O7/c1-16-11(21)4-5-19(26-15(16)24)10-3-2-9-6-17(10,7-18(9,25)8-20)12(13(16)19)14(22)23/h9-13,20-21,25H,2-8H2,1H3,(H,22,23)/t9-,10-,11+,12-,13-,16+,17-,18+,19-/m1/s1. The SMILES string of the molecule is C[C@]12C(=O)O[C@]3(CC[C@@H]1O)[C@@H]1CC[C@@H]4C[C@]1(C[C@]4(O)CO)[C@@H](C(=O)O)[C@@H]32. The molecule has 4 aliphatic carbocycles. The number of carboxylic acids is 1. The van der Waals surface area contributed by atoms with Crippen LogP contribution in [0.15, 0.2) is 0 Å². The summed E-state index contributed by atoms with van der Waals surface area (Å²) in [6, 6.07) is 0. The van der Waals surface area contributed by atoms with Crippen molar-refractivity contribution in [3.05, 3.63) is 0 Å². The molecule has 5 aliphatic rings. The van der Waals surface area contributed by atoms with Crippen LogP contribution < -0.4 is 0 Å². The second kappa shape index (κ2) is 4.62. The molecule has 7 heteroatoms. The van der Waals surface area contributed by atoms with Gasteiger partial charge < -0.3 is 25.2 Å². The number of carboxylic acid groups (broad SMARTS) is 1. The van der Waals surface area contributed by atoms with Crippen LogP contribution in [0, 0.1) is 34.5 Å². The largest absolute Gasteiger partial charge is 0.481 e. The molecule has 4 saturated carbocycles. The van der Waals surface area contributed by atoms with Crippen LogP contribution in [0.1, 0.15) is 45.4 Å². The van der Waals surface area contributed by atoms with Gasteiger partial charge in [-0.05, 0) is 56.8 Å². The molecule has 0 aromatic heterocycles. The molecule has 4 bridgehead atoms. The number of hydrogen-bond acceptors (Lipinski definition) is 6. The first kappa shape index (κ1) is 17.0. The van der Waals surface area contributed by atoms with Crippen molar-refractivity contribution in [3.63, 3.8) is 0 Å². The first-order chi connectivity index (χ1) is 12.2. The molecule has 26 heavy (non-hydrogen) atoms. The van der Waals surface area contributed by atoms with Crippen molar-refractivity contribution in [1.82, 2.24) is 0 Å². The third-order valence-corrected chi connectivity index (χ3v) is 9.00. The van der Waals surface area contributed by atoms with E-state index in [1.807, 2.05) is 0 Å². The molecule has 0 unspecified atom stereocenters. The molecule has 0 aromatic carbocycles. The lowest BCUT2D eigenvalue weighted by Gasteiger charge is -2.44. The van der Waals surface area contributed by atoms with Crippen molar-refractivity contribution in [3.8, 4) is 0 Å². The lowest BCUT2D eigenvalue weighted by molar-refractivity contribution is -0.162. The molecule has 1 saturated heterocycles. The summed E-state index contributed by atoms with van der Waals surface area (Å²) < 4.78 is 5.96. The zero-order valence-corrected chi connectivity index (χ0v) is 14.9. The van der Waals surface area contributed by atoms with E-state index < -0.39 is 51.9 Å². The summed E-state index contributed by atoms with van der Waals surface area (Å²) in [6.07, 6.45) is 2.12. The molecular weight excluding hydrogens is 340 g/mol. The van der Waals surface area contributed by atoms with Crippen molar-refractivity contribution in [2.24, 2.45) is 34.5 Å². The molecule has 144 valence electrons. The number of aliphatic hydroxyl groups is 3. The number of rotatable bonds is 2. The normalized spacial score (nSPS) is 59.7. The highest BCUT2D eigenvalue weighted by Crippen LogP contribution is 2.78. The number of fused-ring (bicyclic) bond motifs is 1. The van der Waals surface area contributed by atoms with Crippen LogP contribution >= 0.6 is 0 Å². The number of carbonyl (C=O) groups is 2. The van der Waals surface area contributed by atoms with Crippen molar-refractivity contribution in [2.45, 2.75) is 62.8 Å². The number of ether oxygens (including phenoxy) is 1. The number of carbonyl (C=O) groups excluding carboxylic acids is 1. The van der Waals surface area contributed by atoms with Gasteiger partial charge in [0, 0.05) is 11.8 Å². The smallest absolute Gasteiger partial charge is 0.315 e. The Balaban J connectivity index is 1.73. The van der Waals surface area contributed by atoms with Crippen LogP contribution in [0.25, 0.3) is 0 Å². The van der Waals surface area contributed by atoms with Crippen LogP contribution in [0.5, 0.6) is 0 Å². The van der Waals surface area contributed by atoms with Gasteiger partial charge in [-0.15, -0.1) is 0 Å². The zero-order valence-electron chi connectivity index (χ0n) is 14.9. The maximum atomic E-state index is 12.8. The van der Waals surface area contributed by atoms with E-state index in [2.05, 4.69) is 0 Å². The molecule has 1 heterocycles. The van der Waals surface area contributed by atoms with Crippen molar-refractivity contribution in [2.75, 3.05) is 6.61 Å². The average molecular weight is 366 g/mol. The van der Waals surface area contributed by atoms with E-state index in [4.69, 9.17) is 4.74 Å². The number of hydrogen-bond donors (Lipinski definition) is 4. The minimum Gasteiger partial charge on any atom is -0.481 e. The van der Waals surface area contributed by atoms with Crippen molar-refractivity contribution >= 4 is 11.9 Å². The topological polar surface area (TPSA) is 124 Å². The lowest BCUT2D eigenvalue weighted by Crippen LogP contribution is -2.53. The molecule has 4 N–H and O–H groups in total. The highest BCUT2D eigenvalue weighted by atomic mass is 16.6. The van der Waals surface area contributed by atoms with Gasteiger partial charge in [-0.1, -0.05) is 0 Å². The fourth-order valence-electron chi connectivity index (χ4n) is 8.10. The van der Waals surface area contributed by atoms with Gasteiger partial charge in [0.15, 0.2) is 0 Å². The first-order valence-corrected chi connectivity index (χ1v) is 9.63. The Hall–Kier alpha value is -1.18. The number of aliphatic carboxylic acids is 1. The Morgan fingerprint density at radius 1 is 1.31 bits per heavy atom. The Labute approximate surface area is 151 Å². The molecule has 0 aromatic rings. The molecule has 5 fully saturated rings. The van der Waals surface area contributed by atoms with Gasteiger partial charge in [-0.3, -0.25) is 9.59 Å². The fourth-order valence-corrected chi connectivity index (χ4v) is 8.10. The molecule has 1 spiro atoms. The third-order valence-electron chi connectivity index (χ3n) is 9.00. The fraction of sp³-hybridized carbons (Fsp3) is 0.895. The van der Waals surface area contributed by atoms with E-state index in [1.54, 1.807) is 6.92 Å². The maximum absolute atomic E-state index is 12.8. The average Bonchev–Trinajstić information content (AvgIpc) is 3.04. The predicted octanol–water partition coefficient (Wildman–Crippen LogP) is 0.303. The van der Waals surface area contributed by atoms with E-state index in [-0.39, 0.29) is 24.9 Å². The van der Waals surface area contributed by atoms with Gasteiger partial charge in [0.2, 0.25) is 0 Å². The van der Waals surface area contributed by atoms with E-state index in [0.29, 0.717) is 32.1 Å². The van der Waals surface area contributed by atoms with E-state index in [0.717, 1.165) is 0 Å². The third kappa shape index (κ3) is 1.51. The summed E-state index contributed by atoms with van der Waals surface area (Å²) in [7, 11) is 0. The van der Waals surface area contributed by atoms with Crippen LogP contribution in [-0.2, 0) is 14.3 Å². The van der Waals surface area contributed by atoms with Gasteiger partial charge in [-0.25, -0.2) is 0 Å². The van der Waals surface area contributed by atoms with E-state index in [1.165, 1.54) is 0 Å². The highest BCUT2D eigenvalue weighted by Gasteiger charge is 2.84. The minimum atomic E-state index is -1.27. The predicted molar refractivity (Wildman–Crippen MR) is 86.7 cm³/mol. The number of esters is 1. The summed E-state index contributed by atoms with van der Waals surface area (Å²) in [4.78, 5) is 25.2. The molecule has 0 amide bonds. The number of aliphatic hydroxyl groups excluding tert-OH is 2. The molecular formula is C19H26O7. The Morgan fingerprint density at radius 2 is 2.04 bits per heavy atom. The van der Waals surface area contributed by atoms with Crippen LogP contribution in [-0.4, -0.2) is 56.3 Å². The minimum absolute atomic E-state index is 0.130. The summed E-state index contributed by atoms with van der Waals surface area (Å²) in [6.45, 7) is 1.27. The Bertz CT molecular complexity index is 708. The second-order valence-corrected chi connectivity index (χ2v) is 9.68. The van der Waals surface area contributed by atoms with Crippen molar-refractivity contribution in [1.29, 1.82) is 0 Å². The molecule has 1 aliphatic heterocycles. The van der Waals surface area contributed by atoms with Crippen LogP contribution in [0.4, 0.5) is 0 Å². The van der Waals surface area contributed by atoms with E-state index >= 15 is 0 Å². The summed E-state index contributed by atoms with van der Waals surface area (Å²) >= 11 is 0. The second-order valence-electron chi connectivity index (χ2n) is 9.68. The van der Waals surface area contributed by atoms with Gasteiger partial charge in [-0.2, -0.15) is 0 Å². The van der Waals surface area contributed by atoms with Gasteiger partial charge in [0.1, 0.15) is 5.60 Å². The summed E-state index contributed by atoms with van der Waals surface area (Å²) in [5.74, 6) is -3.18. The van der Waals surface area contributed by atoms with Gasteiger partial charge in [0.05, 0.1) is 29.6 Å². The van der Waals surface area contributed by atoms with E-state index in [9.17, 15) is 30.0 Å². The lowest BCUT2D eigenvalue weighted by atomic mass is 9.59. The first-order valence-electron chi connectivity index (χ1n) is 9.63. The van der Waals surface area contributed by atoms with Crippen LogP contribution in [0.2, 0.25) is 0 Å². The summed E-state index contributed by atoms with van der Waals surface area (Å²) in [5, 5.41) is 41.6. The summed E-state index contributed by atoms with van der Waals surface area (Å²) in [5.41, 5.74) is -4.04. The van der Waals surface area contributed by atoms with Crippen molar-refractivity contribution < 1.29 is 34.8 Å². The Morgan fingerprint density at radius 3 is 2.69 bits per heavy atom. The monoisotopic (exact) mass is 366 g/mol. The molecule has 0 radical (unpaired) electrons. The zero-order chi connectivity index (χ0) is 18.7. The molecule has 5 rings (SSSR count).